The van der Waals surface area contributed by atoms with E-state index in [-0.39, 0.29) is 17.2 Å². The Bertz CT molecular complexity index is 1060. The van der Waals surface area contributed by atoms with Crippen molar-refractivity contribution in [2.75, 3.05) is 19.9 Å². The van der Waals surface area contributed by atoms with Crippen molar-refractivity contribution in [1.82, 2.24) is 14.9 Å². The SMILES string of the molecule is CCCc1cc(=O)[nH]c(SCC(=O)N(C)Cc2ccc3cc(OC)ccc3c2)n1. The van der Waals surface area contributed by atoms with Crippen LogP contribution in [0.2, 0.25) is 0 Å². The number of ether oxygens (including phenoxy) is 1. The number of carbonyl (C=O) groups is 1. The minimum absolute atomic E-state index is 0.0200. The lowest BCUT2D eigenvalue weighted by atomic mass is 10.1. The molecule has 0 saturated heterocycles. The molecule has 0 atom stereocenters. The largest absolute Gasteiger partial charge is 0.497 e. The Hall–Kier alpha value is -2.80. The average Bonchev–Trinajstić information content (AvgIpc) is 2.71. The number of nitrogens with one attached hydrogen (secondary N) is 1. The Morgan fingerprint density at radius 3 is 2.69 bits per heavy atom. The van der Waals surface area contributed by atoms with Crippen molar-refractivity contribution >= 4 is 28.4 Å². The molecule has 0 saturated carbocycles. The standard InChI is InChI=1S/C22H25N3O3S/c1-4-5-18-12-20(26)24-22(23-18)29-14-21(27)25(2)13-15-6-7-17-11-19(28-3)9-8-16(17)10-15/h6-12H,4-5,13-14H2,1-3H3,(H,23,24,26). The normalized spacial score (nSPS) is 10.9. The number of benzene rings is 2. The van der Waals surface area contributed by atoms with Crippen molar-refractivity contribution < 1.29 is 9.53 Å². The molecule has 1 aromatic heterocycles. The van der Waals surface area contributed by atoms with Gasteiger partial charge in [0.05, 0.1) is 12.9 Å². The predicted molar refractivity (Wildman–Crippen MR) is 117 cm³/mol. The third-order valence-corrected chi connectivity index (χ3v) is 5.43. The third-order valence-electron chi connectivity index (χ3n) is 4.57. The van der Waals surface area contributed by atoms with Crippen molar-refractivity contribution in [3.63, 3.8) is 0 Å². The number of thioether (sulfide) groups is 1. The summed E-state index contributed by atoms with van der Waals surface area (Å²) in [6.07, 6.45) is 1.67. The van der Waals surface area contributed by atoms with E-state index in [9.17, 15) is 9.59 Å². The van der Waals surface area contributed by atoms with Gasteiger partial charge >= 0.3 is 0 Å². The Kier molecular flexibility index (Phi) is 6.93. The molecule has 0 aliphatic heterocycles. The molecule has 1 N–H and O–H groups in total. The van der Waals surface area contributed by atoms with Crippen LogP contribution in [0.3, 0.4) is 0 Å². The minimum atomic E-state index is -0.181. The van der Waals surface area contributed by atoms with Crippen LogP contribution in [0.25, 0.3) is 10.8 Å². The van der Waals surface area contributed by atoms with Crippen molar-refractivity contribution in [2.45, 2.75) is 31.5 Å². The molecule has 0 fully saturated rings. The first-order chi connectivity index (χ1) is 14.0. The molecule has 3 rings (SSSR count). The number of nitrogens with zero attached hydrogens (tertiary/aromatic N) is 2. The van der Waals surface area contributed by atoms with Gasteiger partial charge < -0.3 is 14.6 Å². The monoisotopic (exact) mass is 411 g/mol. The zero-order valence-electron chi connectivity index (χ0n) is 16.9. The lowest BCUT2D eigenvalue weighted by molar-refractivity contribution is -0.127. The van der Waals surface area contributed by atoms with E-state index >= 15 is 0 Å². The predicted octanol–water partition coefficient (Wildman–Crippen LogP) is 3.63. The van der Waals surface area contributed by atoms with Gasteiger partial charge in [0.1, 0.15) is 5.75 Å². The van der Waals surface area contributed by atoms with Crippen LogP contribution < -0.4 is 10.3 Å². The lowest BCUT2D eigenvalue weighted by Crippen LogP contribution is -2.28. The molecule has 2 aromatic carbocycles. The van der Waals surface area contributed by atoms with E-state index in [4.69, 9.17) is 4.74 Å². The van der Waals surface area contributed by atoms with Crippen LogP contribution in [-0.2, 0) is 17.8 Å². The maximum Gasteiger partial charge on any atom is 0.251 e. The first kappa shape index (κ1) is 20.9. The number of H-pyrrole nitrogens is 1. The van der Waals surface area contributed by atoms with E-state index in [0.29, 0.717) is 11.7 Å². The van der Waals surface area contributed by atoms with Crippen molar-refractivity contribution in [3.8, 4) is 5.75 Å². The fourth-order valence-corrected chi connectivity index (χ4v) is 3.87. The fraction of sp³-hybridized carbons (Fsp3) is 0.318. The van der Waals surface area contributed by atoms with Crippen molar-refractivity contribution in [1.29, 1.82) is 0 Å². The molecule has 0 aliphatic carbocycles. The van der Waals surface area contributed by atoms with Gasteiger partial charge in [-0.1, -0.05) is 43.3 Å². The molecule has 6 nitrogen and oxygen atoms in total. The number of carbonyl (C=O) groups excluding carboxylic acids is 1. The number of hydrogen-bond acceptors (Lipinski definition) is 5. The highest BCUT2D eigenvalue weighted by molar-refractivity contribution is 7.99. The number of fused-ring (bicyclic) bond motifs is 1. The number of hydrogen-bond donors (Lipinski definition) is 1. The highest BCUT2D eigenvalue weighted by Gasteiger charge is 2.12. The maximum absolute atomic E-state index is 12.5. The summed E-state index contributed by atoms with van der Waals surface area (Å²) >= 11 is 1.26. The molecule has 0 unspecified atom stereocenters. The first-order valence-corrected chi connectivity index (χ1v) is 10.5. The Morgan fingerprint density at radius 1 is 1.17 bits per heavy atom. The van der Waals surface area contributed by atoms with Gasteiger partial charge in [0, 0.05) is 25.4 Å². The molecule has 7 heteroatoms. The summed E-state index contributed by atoms with van der Waals surface area (Å²) in [5.74, 6) is 1.03. The van der Waals surface area contributed by atoms with Crippen LogP contribution in [0.15, 0.2) is 52.4 Å². The second-order valence-electron chi connectivity index (χ2n) is 6.88. The van der Waals surface area contributed by atoms with Crippen LogP contribution in [0.1, 0.15) is 24.6 Å². The van der Waals surface area contributed by atoms with Crippen LogP contribution in [0.4, 0.5) is 0 Å². The van der Waals surface area contributed by atoms with E-state index in [1.807, 2.05) is 37.3 Å². The van der Waals surface area contributed by atoms with Gasteiger partial charge in [0.25, 0.3) is 5.56 Å². The van der Waals surface area contributed by atoms with Gasteiger partial charge in [-0.05, 0) is 41.0 Å². The quantitative estimate of drug-likeness (QED) is 0.452. The highest BCUT2D eigenvalue weighted by atomic mass is 32.2. The van der Waals surface area contributed by atoms with Crippen LogP contribution >= 0.6 is 11.8 Å². The van der Waals surface area contributed by atoms with Gasteiger partial charge in [-0.15, -0.1) is 0 Å². The van der Waals surface area contributed by atoms with Gasteiger partial charge in [0.15, 0.2) is 5.16 Å². The summed E-state index contributed by atoms with van der Waals surface area (Å²) in [6.45, 7) is 2.55. The number of methoxy groups -OCH3 is 1. The summed E-state index contributed by atoms with van der Waals surface area (Å²) in [7, 11) is 3.43. The highest BCUT2D eigenvalue weighted by Crippen LogP contribution is 2.22. The summed E-state index contributed by atoms with van der Waals surface area (Å²) in [4.78, 5) is 33.1. The summed E-state index contributed by atoms with van der Waals surface area (Å²) < 4.78 is 5.26. The summed E-state index contributed by atoms with van der Waals surface area (Å²) in [5, 5.41) is 2.69. The van der Waals surface area contributed by atoms with Crippen molar-refractivity contribution in [2.24, 2.45) is 0 Å². The smallest absolute Gasteiger partial charge is 0.251 e. The van der Waals surface area contributed by atoms with Gasteiger partial charge in [0.2, 0.25) is 5.91 Å². The number of rotatable bonds is 8. The molecule has 0 bridgehead atoms. The molecule has 29 heavy (non-hydrogen) atoms. The van der Waals surface area contributed by atoms with E-state index in [0.717, 1.165) is 40.6 Å². The molecule has 1 amide bonds. The molecule has 1 heterocycles. The minimum Gasteiger partial charge on any atom is -0.497 e. The zero-order valence-corrected chi connectivity index (χ0v) is 17.7. The van der Waals surface area contributed by atoms with E-state index in [2.05, 4.69) is 16.0 Å². The van der Waals surface area contributed by atoms with Gasteiger partial charge in [-0.3, -0.25) is 9.59 Å². The second-order valence-corrected chi connectivity index (χ2v) is 7.84. The van der Waals surface area contributed by atoms with Crippen LogP contribution in [0, 0.1) is 0 Å². The van der Waals surface area contributed by atoms with E-state index in [1.54, 1.807) is 19.1 Å². The molecule has 3 aromatic rings. The first-order valence-electron chi connectivity index (χ1n) is 9.52. The van der Waals surface area contributed by atoms with E-state index < -0.39 is 0 Å². The van der Waals surface area contributed by atoms with Gasteiger partial charge in [-0.2, -0.15) is 0 Å². The lowest BCUT2D eigenvalue weighted by Gasteiger charge is -2.17. The topological polar surface area (TPSA) is 75.3 Å². The maximum atomic E-state index is 12.5. The molecular weight excluding hydrogens is 386 g/mol. The van der Waals surface area contributed by atoms with Gasteiger partial charge in [-0.25, -0.2) is 4.98 Å². The Balaban J connectivity index is 1.62. The molecule has 0 radical (unpaired) electrons. The van der Waals surface area contributed by atoms with Crippen LogP contribution in [-0.4, -0.2) is 40.7 Å². The number of amides is 1. The molecular formula is C22H25N3O3S. The summed E-state index contributed by atoms with van der Waals surface area (Å²) in [6, 6.07) is 13.6. The third kappa shape index (κ3) is 5.60. The molecule has 0 spiro atoms. The molecule has 152 valence electrons. The second kappa shape index (κ2) is 9.60. The van der Waals surface area contributed by atoms with E-state index in [1.165, 1.54) is 17.8 Å². The number of aryl methyl sites for hydroxylation is 1. The van der Waals surface area contributed by atoms with Crippen LogP contribution in [0.5, 0.6) is 5.75 Å². The van der Waals surface area contributed by atoms with Crippen molar-refractivity contribution in [3.05, 3.63) is 64.1 Å². The fourth-order valence-electron chi connectivity index (χ4n) is 3.04. The number of aromatic amines is 1. The Morgan fingerprint density at radius 2 is 1.93 bits per heavy atom. The number of aromatic nitrogens is 2. The average molecular weight is 412 g/mol. The summed E-state index contributed by atoms with van der Waals surface area (Å²) in [5.41, 5.74) is 1.63. The zero-order chi connectivity index (χ0) is 20.8. The molecule has 0 aliphatic rings. The Labute approximate surface area is 174 Å².